The van der Waals surface area contributed by atoms with Gasteiger partial charge in [0, 0.05) is 16.8 Å². The molecule has 0 amide bonds. The van der Waals surface area contributed by atoms with Gasteiger partial charge in [-0.2, -0.15) is 0 Å². The Hall–Kier alpha value is -2.61. The summed E-state index contributed by atoms with van der Waals surface area (Å²) >= 11 is 0. The van der Waals surface area contributed by atoms with Crippen molar-refractivity contribution in [2.24, 2.45) is 0 Å². The second kappa shape index (κ2) is 5.41. The van der Waals surface area contributed by atoms with Crippen molar-refractivity contribution in [3.63, 3.8) is 0 Å². The molecule has 0 aliphatic rings. The van der Waals surface area contributed by atoms with Gasteiger partial charge >= 0.3 is 0 Å². The predicted octanol–water partition coefficient (Wildman–Crippen LogP) is 4.52. The van der Waals surface area contributed by atoms with E-state index in [2.05, 4.69) is 47.7 Å². The van der Waals surface area contributed by atoms with E-state index in [-0.39, 0.29) is 5.78 Å². The second-order valence-corrected chi connectivity index (χ2v) is 5.18. The van der Waals surface area contributed by atoms with Crippen LogP contribution in [0.4, 0.5) is 0 Å². The Kier molecular flexibility index (Phi) is 3.44. The van der Waals surface area contributed by atoms with Crippen LogP contribution in [-0.4, -0.2) is 10.2 Å². The van der Waals surface area contributed by atoms with E-state index in [1.54, 1.807) is 13.0 Å². The number of nitrogens with zero attached hydrogens (tertiary/aromatic N) is 1. The van der Waals surface area contributed by atoms with Crippen LogP contribution >= 0.6 is 0 Å². The van der Waals surface area contributed by atoms with Crippen molar-refractivity contribution in [3.05, 3.63) is 72.1 Å². The highest BCUT2D eigenvalue weighted by molar-refractivity contribution is 5.93. The molecule has 0 radical (unpaired) electrons. The normalized spacial score (nSPS) is 11.3. The van der Waals surface area contributed by atoms with E-state index in [1.807, 2.05) is 24.3 Å². The molecular weight excluding hydrogens is 258 g/mol. The maximum absolute atomic E-state index is 11.3. The van der Waals surface area contributed by atoms with Gasteiger partial charge in [0.25, 0.3) is 0 Å². The first-order valence-corrected chi connectivity index (χ1v) is 7.02. The van der Waals surface area contributed by atoms with E-state index >= 15 is 0 Å². The fourth-order valence-electron chi connectivity index (χ4n) is 2.63. The summed E-state index contributed by atoms with van der Waals surface area (Å²) < 4.78 is 2.18. The highest BCUT2D eigenvalue weighted by Gasteiger charge is 2.11. The van der Waals surface area contributed by atoms with E-state index in [0.717, 1.165) is 28.0 Å². The first kappa shape index (κ1) is 13.4. The quantitative estimate of drug-likeness (QED) is 0.644. The topological polar surface area (TPSA) is 21.5 Å². The highest BCUT2D eigenvalue weighted by atomic mass is 16.1. The van der Waals surface area contributed by atoms with Gasteiger partial charge in [0.1, 0.15) is 0 Å². The minimum absolute atomic E-state index is 0.0533. The average Bonchev–Trinajstić information content (AvgIpc) is 2.86. The van der Waals surface area contributed by atoms with Gasteiger partial charge in [-0.1, -0.05) is 36.4 Å². The maximum atomic E-state index is 11.3. The number of benzene rings is 1. The zero-order valence-corrected chi connectivity index (χ0v) is 12.2. The summed E-state index contributed by atoms with van der Waals surface area (Å²) in [5.74, 6) is 0.0533. The number of hydrogen-bond donors (Lipinski definition) is 0. The Labute approximate surface area is 124 Å². The number of aryl methyl sites for hydroxylation is 1. The Morgan fingerprint density at radius 3 is 2.52 bits per heavy atom. The van der Waals surface area contributed by atoms with Gasteiger partial charge in [-0.25, -0.2) is 0 Å². The Balaban J connectivity index is 2.31. The van der Waals surface area contributed by atoms with Crippen molar-refractivity contribution in [1.29, 1.82) is 0 Å². The van der Waals surface area contributed by atoms with Crippen molar-refractivity contribution < 1.29 is 4.79 Å². The molecule has 104 valence electrons. The van der Waals surface area contributed by atoms with Gasteiger partial charge < -0.3 is 4.40 Å². The molecule has 0 bridgehead atoms. The molecule has 0 saturated heterocycles. The van der Waals surface area contributed by atoms with Crippen LogP contribution in [0.25, 0.3) is 22.7 Å². The summed E-state index contributed by atoms with van der Waals surface area (Å²) in [6.07, 6.45) is 3.53. The standard InChI is InChI=1S/C19H17NO/c1-14-7-6-10-17-13-18(16-8-4-3-5-9-16)19(20(14)17)12-11-15(2)21/h3-13H,1-2H3/b12-11-. The number of aromatic nitrogens is 1. The molecule has 2 nitrogen and oxygen atoms in total. The number of allylic oxidation sites excluding steroid dienone is 1. The minimum atomic E-state index is 0.0533. The molecule has 0 unspecified atom stereocenters. The third-order valence-electron chi connectivity index (χ3n) is 3.59. The van der Waals surface area contributed by atoms with E-state index in [4.69, 9.17) is 0 Å². The lowest BCUT2D eigenvalue weighted by Crippen LogP contribution is -1.94. The smallest absolute Gasteiger partial charge is 0.152 e. The monoisotopic (exact) mass is 275 g/mol. The van der Waals surface area contributed by atoms with Crippen LogP contribution in [0.5, 0.6) is 0 Å². The molecule has 3 aromatic rings. The molecule has 0 atom stereocenters. The number of pyridine rings is 1. The van der Waals surface area contributed by atoms with Crippen molar-refractivity contribution in [2.45, 2.75) is 13.8 Å². The molecule has 0 fully saturated rings. The molecule has 0 aliphatic carbocycles. The molecule has 21 heavy (non-hydrogen) atoms. The lowest BCUT2D eigenvalue weighted by Gasteiger charge is -2.05. The maximum Gasteiger partial charge on any atom is 0.152 e. The summed E-state index contributed by atoms with van der Waals surface area (Å²) in [5, 5.41) is 0. The summed E-state index contributed by atoms with van der Waals surface area (Å²) in [5.41, 5.74) is 5.63. The third kappa shape index (κ3) is 2.52. The highest BCUT2D eigenvalue weighted by Crippen LogP contribution is 2.29. The zero-order valence-electron chi connectivity index (χ0n) is 12.2. The predicted molar refractivity (Wildman–Crippen MR) is 87.3 cm³/mol. The van der Waals surface area contributed by atoms with Crippen molar-refractivity contribution in [3.8, 4) is 11.1 Å². The molecule has 0 saturated carbocycles. The molecular formula is C19H17NO. The lowest BCUT2D eigenvalue weighted by atomic mass is 10.1. The number of carbonyl (C=O) groups excluding carboxylic acids is 1. The fourth-order valence-corrected chi connectivity index (χ4v) is 2.63. The molecule has 2 heterocycles. The Morgan fingerprint density at radius 2 is 1.81 bits per heavy atom. The second-order valence-electron chi connectivity index (χ2n) is 5.18. The number of carbonyl (C=O) groups is 1. The van der Waals surface area contributed by atoms with Gasteiger partial charge in [0.05, 0.1) is 5.69 Å². The summed E-state index contributed by atoms with van der Waals surface area (Å²) in [7, 11) is 0. The fraction of sp³-hybridized carbons (Fsp3) is 0.105. The molecule has 1 aromatic carbocycles. The van der Waals surface area contributed by atoms with Crippen LogP contribution in [0.3, 0.4) is 0 Å². The van der Waals surface area contributed by atoms with Crippen molar-refractivity contribution in [2.75, 3.05) is 0 Å². The Bertz CT molecular complexity index is 825. The minimum Gasteiger partial charge on any atom is -0.314 e. The van der Waals surface area contributed by atoms with E-state index in [1.165, 1.54) is 0 Å². The van der Waals surface area contributed by atoms with Gasteiger partial charge in [0.2, 0.25) is 0 Å². The molecule has 2 heteroatoms. The molecule has 0 aliphatic heterocycles. The number of rotatable bonds is 3. The summed E-state index contributed by atoms with van der Waals surface area (Å²) in [6, 6.07) is 18.6. The number of fused-ring (bicyclic) bond motifs is 1. The van der Waals surface area contributed by atoms with Crippen molar-refractivity contribution >= 4 is 17.4 Å². The van der Waals surface area contributed by atoms with Crippen LogP contribution in [0.1, 0.15) is 18.3 Å². The number of hydrogen-bond acceptors (Lipinski definition) is 1. The molecule has 3 rings (SSSR count). The van der Waals surface area contributed by atoms with Gasteiger partial charge in [-0.15, -0.1) is 0 Å². The van der Waals surface area contributed by atoms with Gasteiger partial charge in [-0.3, -0.25) is 4.79 Å². The largest absolute Gasteiger partial charge is 0.314 e. The van der Waals surface area contributed by atoms with Crippen LogP contribution in [0, 0.1) is 6.92 Å². The summed E-state index contributed by atoms with van der Waals surface area (Å²) in [6.45, 7) is 3.65. The molecule has 0 N–H and O–H groups in total. The molecule has 2 aromatic heterocycles. The van der Waals surface area contributed by atoms with Crippen LogP contribution < -0.4 is 0 Å². The van der Waals surface area contributed by atoms with Crippen LogP contribution in [-0.2, 0) is 4.79 Å². The number of ketones is 1. The first-order valence-electron chi connectivity index (χ1n) is 7.02. The van der Waals surface area contributed by atoms with Crippen LogP contribution in [0.15, 0.2) is 60.7 Å². The third-order valence-corrected chi connectivity index (χ3v) is 3.59. The van der Waals surface area contributed by atoms with Crippen molar-refractivity contribution in [1.82, 2.24) is 4.40 Å². The van der Waals surface area contributed by atoms with Gasteiger partial charge in [-0.05, 0) is 49.8 Å². The first-order chi connectivity index (χ1) is 10.2. The van der Waals surface area contributed by atoms with Gasteiger partial charge in [0.15, 0.2) is 5.78 Å². The van der Waals surface area contributed by atoms with E-state index in [9.17, 15) is 4.79 Å². The zero-order chi connectivity index (χ0) is 14.8. The van der Waals surface area contributed by atoms with E-state index in [0.29, 0.717) is 0 Å². The average molecular weight is 275 g/mol. The van der Waals surface area contributed by atoms with E-state index < -0.39 is 0 Å². The summed E-state index contributed by atoms with van der Waals surface area (Å²) in [4.78, 5) is 11.3. The van der Waals surface area contributed by atoms with Crippen LogP contribution in [0.2, 0.25) is 0 Å². The molecule has 0 spiro atoms. The SMILES string of the molecule is CC(=O)/C=C\c1c(-c2ccccc2)cc2cccc(C)n12. The lowest BCUT2D eigenvalue weighted by molar-refractivity contribution is -0.112. The Morgan fingerprint density at radius 1 is 1.05 bits per heavy atom.